The maximum Gasteiger partial charge on any atom is 0.252 e. The van der Waals surface area contributed by atoms with Gasteiger partial charge in [0.15, 0.2) is 0 Å². The highest BCUT2D eigenvalue weighted by Crippen LogP contribution is 2.46. The Hall–Kier alpha value is -1.86. The first-order valence-electron chi connectivity index (χ1n) is 7.69. The summed E-state index contributed by atoms with van der Waals surface area (Å²) >= 11 is 1.61. The minimum absolute atomic E-state index is 0.371. The fourth-order valence-corrected chi connectivity index (χ4v) is 3.83. The van der Waals surface area contributed by atoms with Gasteiger partial charge in [0, 0.05) is 17.8 Å². The maximum absolute atomic E-state index is 6.40. The lowest BCUT2D eigenvalue weighted by molar-refractivity contribution is -0.116. The Labute approximate surface area is 139 Å². The lowest BCUT2D eigenvalue weighted by Gasteiger charge is -2.43. The summed E-state index contributed by atoms with van der Waals surface area (Å²) in [6.45, 7) is 1.78. The molecule has 4 rings (SSSR count). The Morgan fingerprint density at radius 2 is 2.09 bits per heavy atom. The molecule has 2 aliphatic rings. The molecular weight excluding hydrogens is 310 g/mol. The number of nitrogens with two attached hydrogens (primary N) is 1. The van der Waals surface area contributed by atoms with Crippen LogP contribution in [0.2, 0.25) is 0 Å². The van der Waals surface area contributed by atoms with E-state index in [4.69, 9.17) is 10.5 Å². The topological polar surface area (TPSA) is 78.9 Å². The number of ether oxygens (including phenoxy) is 1. The normalized spacial score (nSPS) is 19.4. The van der Waals surface area contributed by atoms with Crippen LogP contribution in [0.3, 0.4) is 0 Å². The molecule has 0 amide bonds. The van der Waals surface area contributed by atoms with Gasteiger partial charge in [-0.05, 0) is 37.2 Å². The van der Waals surface area contributed by atoms with Gasteiger partial charge in [-0.3, -0.25) is 0 Å². The molecule has 7 heteroatoms. The zero-order valence-corrected chi connectivity index (χ0v) is 13.8. The Kier molecular flexibility index (Phi) is 3.61. The largest absolute Gasteiger partial charge is 0.383 e. The third-order valence-electron chi connectivity index (χ3n) is 4.67. The van der Waals surface area contributed by atoms with Crippen LogP contribution in [0.25, 0.3) is 11.5 Å². The van der Waals surface area contributed by atoms with Gasteiger partial charge in [0.25, 0.3) is 5.95 Å². The molecule has 1 fully saturated rings. The standard InChI is InChI=1S/C16H19N5OS/c1-23-14-12(11-3-5-16(6-4-11)9-22-10-16)13(17)21(20-14)15-18-7-2-8-19-15/h2-3,7-8H,4-6,9-10,17H2,1H3. The van der Waals surface area contributed by atoms with Crippen LogP contribution in [0.4, 0.5) is 5.82 Å². The fraction of sp³-hybridized carbons (Fsp3) is 0.438. The first-order valence-corrected chi connectivity index (χ1v) is 8.92. The van der Waals surface area contributed by atoms with Gasteiger partial charge in [0.05, 0.1) is 18.8 Å². The van der Waals surface area contributed by atoms with E-state index in [0.29, 0.717) is 17.2 Å². The number of thioether (sulfide) groups is 1. The molecule has 3 heterocycles. The minimum Gasteiger partial charge on any atom is -0.383 e. The second-order valence-corrected chi connectivity index (χ2v) is 6.95. The van der Waals surface area contributed by atoms with Gasteiger partial charge in [-0.1, -0.05) is 6.08 Å². The van der Waals surface area contributed by atoms with Gasteiger partial charge in [-0.15, -0.1) is 11.8 Å². The molecule has 2 N–H and O–H groups in total. The third kappa shape index (κ3) is 2.44. The summed E-state index contributed by atoms with van der Waals surface area (Å²) in [7, 11) is 0. The third-order valence-corrected chi connectivity index (χ3v) is 5.34. The Morgan fingerprint density at radius 1 is 1.30 bits per heavy atom. The number of hydrogen-bond acceptors (Lipinski definition) is 6. The van der Waals surface area contributed by atoms with E-state index in [0.717, 1.165) is 43.1 Å². The number of nitrogen functional groups attached to an aromatic ring is 1. The molecule has 1 spiro atoms. The van der Waals surface area contributed by atoms with Gasteiger partial charge in [-0.2, -0.15) is 9.78 Å². The molecule has 0 atom stereocenters. The molecule has 1 aliphatic heterocycles. The average Bonchev–Trinajstić information content (AvgIpc) is 2.91. The zero-order valence-electron chi connectivity index (χ0n) is 13.0. The van der Waals surface area contributed by atoms with E-state index < -0.39 is 0 Å². The second-order valence-electron chi connectivity index (χ2n) is 6.16. The lowest BCUT2D eigenvalue weighted by Crippen LogP contribution is -2.43. The maximum atomic E-state index is 6.40. The minimum atomic E-state index is 0.371. The van der Waals surface area contributed by atoms with Gasteiger partial charge >= 0.3 is 0 Å². The van der Waals surface area contributed by atoms with Crippen molar-refractivity contribution in [1.82, 2.24) is 19.7 Å². The Bertz CT molecular complexity index is 751. The van der Waals surface area contributed by atoms with E-state index in [1.54, 1.807) is 34.9 Å². The van der Waals surface area contributed by atoms with Crippen LogP contribution in [-0.4, -0.2) is 39.2 Å². The van der Waals surface area contributed by atoms with Crippen molar-refractivity contribution in [2.75, 3.05) is 25.2 Å². The SMILES string of the molecule is CSc1nn(-c2ncccn2)c(N)c1C1=CCC2(CC1)COC2. The van der Waals surface area contributed by atoms with E-state index in [9.17, 15) is 0 Å². The van der Waals surface area contributed by atoms with E-state index in [2.05, 4.69) is 21.1 Å². The summed E-state index contributed by atoms with van der Waals surface area (Å²) in [6.07, 6.45) is 11.0. The van der Waals surface area contributed by atoms with E-state index >= 15 is 0 Å². The van der Waals surface area contributed by atoms with Crippen LogP contribution in [0, 0.1) is 5.41 Å². The number of allylic oxidation sites excluding steroid dienone is 2. The second kappa shape index (κ2) is 5.65. The predicted molar refractivity (Wildman–Crippen MR) is 90.4 cm³/mol. The first kappa shape index (κ1) is 14.7. The molecule has 1 aliphatic carbocycles. The first-order chi connectivity index (χ1) is 11.2. The Morgan fingerprint density at radius 3 is 2.65 bits per heavy atom. The summed E-state index contributed by atoms with van der Waals surface area (Å²) in [6, 6.07) is 1.78. The summed E-state index contributed by atoms with van der Waals surface area (Å²) in [5, 5.41) is 5.54. The monoisotopic (exact) mass is 329 g/mol. The van der Waals surface area contributed by atoms with Crippen LogP contribution in [0.15, 0.2) is 29.6 Å². The molecule has 1 saturated heterocycles. The number of nitrogens with zero attached hydrogens (tertiary/aromatic N) is 4. The molecule has 2 aromatic rings. The van der Waals surface area contributed by atoms with Crippen molar-refractivity contribution in [3.63, 3.8) is 0 Å². The van der Waals surface area contributed by atoms with Crippen molar-refractivity contribution in [3.8, 4) is 5.95 Å². The molecule has 0 aromatic carbocycles. The van der Waals surface area contributed by atoms with Gasteiger partial charge in [-0.25, -0.2) is 9.97 Å². The highest BCUT2D eigenvalue weighted by Gasteiger charge is 2.40. The zero-order chi connectivity index (χ0) is 15.9. The number of hydrogen-bond donors (Lipinski definition) is 1. The summed E-state index contributed by atoms with van der Waals surface area (Å²) in [5.41, 5.74) is 9.10. The van der Waals surface area contributed by atoms with Gasteiger partial charge < -0.3 is 10.5 Å². The van der Waals surface area contributed by atoms with Crippen molar-refractivity contribution in [3.05, 3.63) is 30.1 Å². The van der Waals surface area contributed by atoms with Crippen molar-refractivity contribution < 1.29 is 4.74 Å². The van der Waals surface area contributed by atoms with Gasteiger partial charge in [0.2, 0.25) is 0 Å². The molecule has 0 saturated carbocycles. The lowest BCUT2D eigenvalue weighted by atomic mass is 9.73. The van der Waals surface area contributed by atoms with Crippen molar-refractivity contribution in [1.29, 1.82) is 0 Å². The van der Waals surface area contributed by atoms with E-state index in [1.807, 2.05) is 6.26 Å². The molecule has 0 bridgehead atoms. The highest BCUT2D eigenvalue weighted by atomic mass is 32.2. The average molecular weight is 329 g/mol. The molecule has 0 unspecified atom stereocenters. The molecular formula is C16H19N5OS. The summed E-state index contributed by atoms with van der Waals surface area (Å²) in [4.78, 5) is 8.51. The molecule has 0 radical (unpaired) electrons. The van der Waals surface area contributed by atoms with Gasteiger partial charge in [0.1, 0.15) is 10.8 Å². The molecule has 6 nitrogen and oxygen atoms in total. The quantitative estimate of drug-likeness (QED) is 0.872. The smallest absolute Gasteiger partial charge is 0.252 e. The number of aromatic nitrogens is 4. The van der Waals surface area contributed by atoms with Crippen LogP contribution < -0.4 is 5.73 Å². The van der Waals surface area contributed by atoms with Crippen molar-refractivity contribution >= 4 is 23.2 Å². The molecule has 2 aromatic heterocycles. The highest BCUT2D eigenvalue weighted by molar-refractivity contribution is 7.98. The van der Waals surface area contributed by atoms with Crippen molar-refractivity contribution in [2.45, 2.75) is 24.3 Å². The van der Waals surface area contributed by atoms with Crippen LogP contribution in [-0.2, 0) is 4.74 Å². The Balaban J connectivity index is 1.72. The van der Waals surface area contributed by atoms with E-state index in [-0.39, 0.29) is 0 Å². The van der Waals surface area contributed by atoms with Crippen LogP contribution in [0.5, 0.6) is 0 Å². The summed E-state index contributed by atoms with van der Waals surface area (Å²) < 4.78 is 7.03. The number of rotatable bonds is 3. The summed E-state index contributed by atoms with van der Waals surface area (Å²) in [5.74, 6) is 1.12. The fourth-order valence-electron chi connectivity index (χ4n) is 3.23. The number of anilines is 1. The van der Waals surface area contributed by atoms with E-state index in [1.165, 1.54) is 5.57 Å². The molecule has 120 valence electrons. The predicted octanol–water partition coefficient (Wildman–Crippen LogP) is 2.55. The van der Waals surface area contributed by atoms with Crippen LogP contribution >= 0.6 is 11.8 Å². The molecule has 23 heavy (non-hydrogen) atoms. The van der Waals surface area contributed by atoms with Crippen molar-refractivity contribution in [2.24, 2.45) is 5.41 Å². The van der Waals surface area contributed by atoms with Crippen LogP contribution in [0.1, 0.15) is 24.8 Å².